The van der Waals surface area contributed by atoms with Crippen molar-refractivity contribution in [2.24, 2.45) is 0 Å². The average Bonchev–Trinajstić information content (AvgIpc) is 2.56. The van der Waals surface area contributed by atoms with Gasteiger partial charge in [0.2, 0.25) is 0 Å². The molecule has 0 saturated heterocycles. The first kappa shape index (κ1) is 16.6. The summed E-state index contributed by atoms with van der Waals surface area (Å²) >= 11 is 0. The van der Waals surface area contributed by atoms with Crippen molar-refractivity contribution in [3.8, 4) is 11.8 Å². The van der Waals surface area contributed by atoms with E-state index in [1.54, 1.807) is 6.92 Å². The highest BCUT2D eigenvalue weighted by Gasteiger charge is 2.06. The average molecular weight is 304 g/mol. The highest BCUT2D eigenvalue weighted by atomic mass is 16.5. The molecule has 0 radical (unpaired) electrons. The maximum Gasteiger partial charge on any atom is 0.307 e. The Morgan fingerprint density at radius 2 is 1.57 bits per heavy atom. The van der Waals surface area contributed by atoms with Crippen molar-refractivity contribution >= 4 is 11.5 Å². The van der Waals surface area contributed by atoms with E-state index < -0.39 is 0 Å². The molecule has 116 valence electrons. The molecule has 0 heterocycles. The summed E-state index contributed by atoms with van der Waals surface area (Å²) in [6, 6.07) is 20.0. The Labute approximate surface area is 137 Å². The molecule has 0 unspecified atom stereocenters. The second-order valence-electron chi connectivity index (χ2n) is 5.18. The van der Waals surface area contributed by atoms with Gasteiger partial charge < -0.3 is 4.74 Å². The lowest BCUT2D eigenvalue weighted by atomic mass is 10.0. The molecule has 2 rings (SSSR count). The maximum absolute atomic E-state index is 11.2. The van der Waals surface area contributed by atoms with Gasteiger partial charge in [-0.1, -0.05) is 72.5 Å². The Bertz CT molecular complexity index is 732. The Morgan fingerprint density at radius 1 is 0.957 bits per heavy atom. The van der Waals surface area contributed by atoms with Crippen LogP contribution < -0.4 is 0 Å². The molecule has 2 nitrogen and oxygen atoms in total. The van der Waals surface area contributed by atoms with Gasteiger partial charge in [0.1, 0.15) is 5.76 Å². The van der Waals surface area contributed by atoms with Gasteiger partial charge >= 0.3 is 5.97 Å². The maximum atomic E-state index is 11.2. The van der Waals surface area contributed by atoms with Crippen LogP contribution in [0.15, 0.2) is 66.4 Å². The van der Waals surface area contributed by atoms with Gasteiger partial charge in [-0.05, 0) is 24.5 Å². The molecule has 0 aliphatic heterocycles. The number of ether oxygens (including phenoxy) is 1. The van der Waals surface area contributed by atoms with E-state index in [9.17, 15) is 4.79 Å². The van der Waals surface area contributed by atoms with Gasteiger partial charge in [0.25, 0.3) is 0 Å². The standard InChI is InChI=1S/C21H20O2/c1-17(23-18(2)22)21(20-14-7-4-8-15-20)16-10-9-13-19-11-5-3-6-12-19/h3-8,11-12,14-15H,9,13H2,1-2H3/b21-17-. The van der Waals surface area contributed by atoms with Crippen molar-refractivity contribution in [3.05, 3.63) is 77.5 Å². The number of hydrogen-bond acceptors (Lipinski definition) is 2. The van der Waals surface area contributed by atoms with E-state index in [1.807, 2.05) is 48.5 Å². The fraction of sp³-hybridized carbons (Fsp3) is 0.190. The largest absolute Gasteiger partial charge is 0.430 e. The first-order chi connectivity index (χ1) is 11.2. The normalized spacial score (nSPS) is 11.0. The molecule has 23 heavy (non-hydrogen) atoms. The van der Waals surface area contributed by atoms with Crippen LogP contribution in [0.4, 0.5) is 0 Å². The minimum absolute atomic E-state index is 0.331. The topological polar surface area (TPSA) is 26.3 Å². The molecule has 0 amide bonds. The van der Waals surface area contributed by atoms with E-state index in [0.717, 1.165) is 24.0 Å². The number of aryl methyl sites for hydroxylation is 1. The Hall–Kier alpha value is -2.79. The molecule has 2 aromatic carbocycles. The zero-order valence-electron chi connectivity index (χ0n) is 13.5. The minimum atomic E-state index is -0.331. The summed E-state index contributed by atoms with van der Waals surface area (Å²) in [4.78, 5) is 11.2. The zero-order chi connectivity index (χ0) is 16.5. The fourth-order valence-corrected chi connectivity index (χ4v) is 2.24. The Morgan fingerprint density at radius 3 is 2.17 bits per heavy atom. The first-order valence-electron chi connectivity index (χ1n) is 7.64. The number of carbonyl (C=O) groups excluding carboxylic acids is 1. The van der Waals surface area contributed by atoms with Gasteiger partial charge in [-0.3, -0.25) is 4.79 Å². The molecule has 0 aliphatic rings. The van der Waals surface area contributed by atoms with Crippen LogP contribution in [0, 0.1) is 11.8 Å². The second kappa shape index (κ2) is 8.60. The molecule has 0 bridgehead atoms. The molecule has 0 spiro atoms. The third-order valence-corrected chi connectivity index (χ3v) is 3.31. The SMILES string of the molecule is CC(=O)O/C(C)=C(/C#CCCc1ccccc1)c1ccccc1. The van der Waals surface area contributed by atoms with Gasteiger partial charge in [-0.25, -0.2) is 0 Å². The summed E-state index contributed by atoms with van der Waals surface area (Å²) in [5.74, 6) is 6.56. The number of allylic oxidation sites excluding steroid dienone is 2. The quantitative estimate of drug-likeness (QED) is 0.468. The van der Waals surface area contributed by atoms with Crippen LogP contribution in [0.5, 0.6) is 0 Å². The summed E-state index contributed by atoms with van der Waals surface area (Å²) in [6.45, 7) is 3.17. The predicted octanol–water partition coefficient (Wildman–Crippen LogP) is 4.62. The number of benzene rings is 2. The lowest BCUT2D eigenvalue weighted by Gasteiger charge is -2.06. The lowest BCUT2D eigenvalue weighted by Crippen LogP contribution is -1.99. The molecule has 0 N–H and O–H groups in total. The summed E-state index contributed by atoms with van der Waals surface area (Å²) in [5, 5.41) is 0. The van der Waals surface area contributed by atoms with Crippen molar-refractivity contribution in [3.63, 3.8) is 0 Å². The van der Waals surface area contributed by atoms with Crippen molar-refractivity contribution in [2.45, 2.75) is 26.7 Å². The molecule has 0 saturated carbocycles. The first-order valence-corrected chi connectivity index (χ1v) is 7.64. The number of carbonyl (C=O) groups is 1. The summed E-state index contributed by atoms with van der Waals surface area (Å²) in [5.41, 5.74) is 2.98. The molecule has 2 heteroatoms. The van der Waals surface area contributed by atoms with Crippen molar-refractivity contribution in [1.29, 1.82) is 0 Å². The number of rotatable bonds is 4. The fourth-order valence-electron chi connectivity index (χ4n) is 2.24. The van der Waals surface area contributed by atoms with E-state index >= 15 is 0 Å². The third kappa shape index (κ3) is 5.48. The van der Waals surface area contributed by atoms with Gasteiger partial charge in [-0.15, -0.1) is 0 Å². The van der Waals surface area contributed by atoms with Gasteiger partial charge in [0, 0.05) is 13.3 Å². The van der Waals surface area contributed by atoms with E-state index in [0.29, 0.717) is 5.76 Å². The summed E-state index contributed by atoms with van der Waals surface area (Å²) < 4.78 is 5.22. The molecule has 2 aromatic rings. The molecular formula is C21H20O2. The van der Waals surface area contributed by atoms with Gasteiger partial charge in [0.05, 0.1) is 5.57 Å². The molecular weight excluding hydrogens is 284 g/mol. The van der Waals surface area contributed by atoms with Gasteiger partial charge in [0.15, 0.2) is 0 Å². The molecule has 0 aliphatic carbocycles. The summed E-state index contributed by atoms with van der Waals surface area (Å²) in [7, 11) is 0. The predicted molar refractivity (Wildman–Crippen MR) is 93.3 cm³/mol. The summed E-state index contributed by atoms with van der Waals surface area (Å²) in [6.07, 6.45) is 1.66. The van der Waals surface area contributed by atoms with Crippen LogP contribution in [-0.4, -0.2) is 5.97 Å². The third-order valence-electron chi connectivity index (χ3n) is 3.31. The number of esters is 1. The van der Waals surface area contributed by atoms with Crippen LogP contribution in [0.1, 0.15) is 31.4 Å². The smallest absolute Gasteiger partial charge is 0.307 e. The molecule has 0 aromatic heterocycles. The lowest BCUT2D eigenvalue weighted by molar-refractivity contribution is -0.136. The highest BCUT2D eigenvalue weighted by molar-refractivity contribution is 5.82. The molecule has 0 atom stereocenters. The van der Waals surface area contributed by atoms with E-state index in [2.05, 4.69) is 24.0 Å². The van der Waals surface area contributed by atoms with Crippen LogP contribution >= 0.6 is 0 Å². The van der Waals surface area contributed by atoms with E-state index in [4.69, 9.17) is 4.74 Å². The number of hydrogen-bond donors (Lipinski definition) is 0. The van der Waals surface area contributed by atoms with Crippen LogP contribution in [0.2, 0.25) is 0 Å². The second-order valence-corrected chi connectivity index (χ2v) is 5.18. The van der Waals surface area contributed by atoms with Crippen LogP contribution in [-0.2, 0) is 16.0 Å². The minimum Gasteiger partial charge on any atom is -0.430 e. The monoisotopic (exact) mass is 304 g/mol. The Balaban J connectivity index is 2.16. The molecule has 0 fully saturated rings. The van der Waals surface area contributed by atoms with E-state index in [-0.39, 0.29) is 5.97 Å². The van der Waals surface area contributed by atoms with Crippen molar-refractivity contribution in [1.82, 2.24) is 0 Å². The van der Waals surface area contributed by atoms with Crippen LogP contribution in [0.25, 0.3) is 5.57 Å². The van der Waals surface area contributed by atoms with E-state index in [1.165, 1.54) is 12.5 Å². The zero-order valence-corrected chi connectivity index (χ0v) is 13.5. The van der Waals surface area contributed by atoms with Gasteiger partial charge in [-0.2, -0.15) is 0 Å². The highest BCUT2D eigenvalue weighted by Crippen LogP contribution is 2.19. The van der Waals surface area contributed by atoms with Crippen LogP contribution in [0.3, 0.4) is 0 Å². The Kier molecular flexibility index (Phi) is 6.20. The van der Waals surface area contributed by atoms with Crippen molar-refractivity contribution < 1.29 is 9.53 Å². The van der Waals surface area contributed by atoms with Crippen molar-refractivity contribution in [2.75, 3.05) is 0 Å².